The normalized spacial score (nSPS) is 22.7. The Balaban J connectivity index is 2.30. The first-order valence-corrected chi connectivity index (χ1v) is 6.68. The van der Waals surface area contributed by atoms with Crippen molar-refractivity contribution >= 4 is 5.91 Å². The van der Waals surface area contributed by atoms with E-state index in [2.05, 4.69) is 11.9 Å². The van der Waals surface area contributed by atoms with Crippen LogP contribution in [-0.2, 0) is 4.79 Å². The number of hydrogen-bond acceptors (Lipinski definition) is 3. The molecule has 17 heavy (non-hydrogen) atoms. The van der Waals surface area contributed by atoms with Crippen molar-refractivity contribution in [1.82, 2.24) is 9.80 Å². The first-order valence-electron chi connectivity index (χ1n) is 6.68. The summed E-state index contributed by atoms with van der Waals surface area (Å²) in [5, 5.41) is 0. The topological polar surface area (TPSA) is 49.6 Å². The van der Waals surface area contributed by atoms with Crippen molar-refractivity contribution < 1.29 is 4.79 Å². The van der Waals surface area contributed by atoms with E-state index in [4.69, 9.17) is 5.73 Å². The number of hydrogen-bond donors (Lipinski definition) is 1. The molecule has 0 aromatic heterocycles. The molecule has 2 atom stereocenters. The van der Waals surface area contributed by atoms with Gasteiger partial charge in [-0.25, -0.2) is 0 Å². The quantitative estimate of drug-likeness (QED) is 0.747. The third-order valence-electron chi connectivity index (χ3n) is 3.66. The molecule has 1 heterocycles. The molecule has 4 heteroatoms. The van der Waals surface area contributed by atoms with E-state index >= 15 is 0 Å². The van der Waals surface area contributed by atoms with Crippen molar-refractivity contribution in [2.45, 2.75) is 26.2 Å². The Bertz CT molecular complexity index is 245. The van der Waals surface area contributed by atoms with Crippen LogP contribution < -0.4 is 5.73 Å². The molecule has 100 valence electrons. The van der Waals surface area contributed by atoms with Gasteiger partial charge in [0.1, 0.15) is 0 Å². The van der Waals surface area contributed by atoms with Crippen LogP contribution in [0.3, 0.4) is 0 Å². The van der Waals surface area contributed by atoms with E-state index in [0.29, 0.717) is 12.5 Å². The fraction of sp³-hybridized carbons (Fsp3) is 0.923. The molecule has 0 spiro atoms. The molecule has 0 radical (unpaired) electrons. The lowest BCUT2D eigenvalue weighted by Crippen LogP contribution is -2.36. The van der Waals surface area contributed by atoms with Crippen molar-refractivity contribution in [1.29, 1.82) is 0 Å². The molecule has 2 N–H and O–H groups in total. The third kappa shape index (κ3) is 4.64. The zero-order chi connectivity index (χ0) is 12.8. The highest BCUT2D eigenvalue weighted by Crippen LogP contribution is 2.17. The van der Waals surface area contributed by atoms with E-state index in [9.17, 15) is 4.79 Å². The molecule has 1 aliphatic heterocycles. The summed E-state index contributed by atoms with van der Waals surface area (Å²) in [5.41, 5.74) is 5.47. The van der Waals surface area contributed by atoms with Gasteiger partial charge in [0.05, 0.1) is 0 Å². The van der Waals surface area contributed by atoms with Crippen LogP contribution in [0.25, 0.3) is 0 Å². The van der Waals surface area contributed by atoms with Crippen molar-refractivity contribution in [2.75, 3.05) is 40.3 Å². The average molecular weight is 241 g/mol. The summed E-state index contributed by atoms with van der Waals surface area (Å²) < 4.78 is 0. The lowest BCUT2D eigenvalue weighted by atomic mass is 10.0. The molecule has 0 aromatic rings. The molecule has 0 aromatic carbocycles. The Morgan fingerprint density at radius 2 is 2.29 bits per heavy atom. The highest BCUT2D eigenvalue weighted by Gasteiger charge is 2.24. The van der Waals surface area contributed by atoms with Gasteiger partial charge in [-0.05, 0) is 45.3 Å². The Labute approximate surface area is 105 Å². The van der Waals surface area contributed by atoms with Crippen molar-refractivity contribution in [3.63, 3.8) is 0 Å². The molecule has 0 bridgehead atoms. The van der Waals surface area contributed by atoms with E-state index in [1.54, 1.807) is 0 Å². The highest BCUT2D eigenvalue weighted by molar-refractivity contribution is 5.78. The summed E-state index contributed by atoms with van der Waals surface area (Å²) in [6, 6.07) is 0. The zero-order valence-corrected chi connectivity index (χ0v) is 11.5. The monoisotopic (exact) mass is 241 g/mol. The van der Waals surface area contributed by atoms with Gasteiger partial charge < -0.3 is 15.5 Å². The molecule has 0 saturated carbocycles. The number of amides is 1. The summed E-state index contributed by atoms with van der Waals surface area (Å²) in [6.45, 7) is 5.87. The molecule has 1 fully saturated rings. The van der Waals surface area contributed by atoms with Gasteiger partial charge in [0, 0.05) is 26.1 Å². The van der Waals surface area contributed by atoms with Crippen molar-refractivity contribution in [3.8, 4) is 0 Å². The molecular formula is C13H27N3O. The average Bonchev–Trinajstić information content (AvgIpc) is 2.70. The van der Waals surface area contributed by atoms with Gasteiger partial charge in [-0.1, -0.05) is 6.92 Å². The second-order valence-electron chi connectivity index (χ2n) is 5.47. The largest absolute Gasteiger partial charge is 0.345 e. The SMILES string of the molecule is CC(CCCN)C(=O)N(C)CC1CCN(C)C1. The van der Waals surface area contributed by atoms with E-state index in [-0.39, 0.29) is 11.8 Å². The maximum absolute atomic E-state index is 12.1. The van der Waals surface area contributed by atoms with E-state index < -0.39 is 0 Å². The molecule has 1 amide bonds. The molecule has 4 nitrogen and oxygen atoms in total. The smallest absolute Gasteiger partial charge is 0.225 e. The third-order valence-corrected chi connectivity index (χ3v) is 3.66. The molecule has 0 aliphatic carbocycles. The van der Waals surface area contributed by atoms with Gasteiger partial charge in [-0.3, -0.25) is 4.79 Å². The van der Waals surface area contributed by atoms with Crippen LogP contribution in [0.15, 0.2) is 0 Å². The van der Waals surface area contributed by atoms with Gasteiger partial charge in [-0.2, -0.15) is 0 Å². The Hall–Kier alpha value is -0.610. The van der Waals surface area contributed by atoms with Gasteiger partial charge >= 0.3 is 0 Å². The first kappa shape index (κ1) is 14.5. The second-order valence-corrected chi connectivity index (χ2v) is 5.47. The number of likely N-dealkylation sites (tertiary alicyclic amines) is 1. The summed E-state index contributed by atoms with van der Waals surface area (Å²) in [4.78, 5) is 16.3. The molecule has 1 rings (SSSR count). The van der Waals surface area contributed by atoms with Gasteiger partial charge in [-0.15, -0.1) is 0 Å². The summed E-state index contributed by atoms with van der Waals surface area (Å²) in [6.07, 6.45) is 3.06. The maximum Gasteiger partial charge on any atom is 0.225 e. The fourth-order valence-corrected chi connectivity index (χ4v) is 2.58. The number of carbonyl (C=O) groups excluding carboxylic acids is 1. The summed E-state index contributed by atoms with van der Waals surface area (Å²) in [5.74, 6) is 1.03. The van der Waals surface area contributed by atoms with Crippen LogP contribution >= 0.6 is 0 Å². The van der Waals surface area contributed by atoms with E-state index in [1.807, 2.05) is 18.9 Å². The van der Waals surface area contributed by atoms with Gasteiger partial charge in [0.2, 0.25) is 5.91 Å². The summed E-state index contributed by atoms with van der Waals surface area (Å²) >= 11 is 0. The Morgan fingerprint density at radius 3 is 2.82 bits per heavy atom. The van der Waals surface area contributed by atoms with Gasteiger partial charge in [0.15, 0.2) is 0 Å². The minimum atomic E-state index is 0.114. The van der Waals surface area contributed by atoms with Gasteiger partial charge in [0.25, 0.3) is 0 Å². The minimum absolute atomic E-state index is 0.114. The number of carbonyl (C=O) groups is 1. The van der Waals surface area contributed by atoms with E-state index in [1.165, 1.54) is 6.42 Å². The molecule has 1 saturated heterocycles. The van der Waals surface area contributed by atoms with Crippen LogP contribution in [0, 0.1) is 11.8 Å². The van der Waals surface area contributed by atoms with Crippen LogP contribution in [-0.4, -0.2) is 56.0 Å². The Kier molecular flexibility index (Phi) is 5.92. The predicted octanol–water partition coefficient (Wildman–Crippen LogP) is 0.772. The van der Waals surface area contributed by atoms with Crippen molar-refractivity contribution in [3.05, 3.63) is 0 Å². The number of nitrogens with zero attached hydrogens (tertiary/aromatic N) is 2. The fourth-order valence-electron chi connectivity index (χ4n) is 2.58. The van der Waals surface area contributed by atoms with Crippen LogP contribution in [0.2, 0.25) is 0 Å². The van der Waals surface area contributed by atoms with Crippen LogP contribution in [0.1, 0.15) is 26.2 Å². The summed E-state index contributed by atoms with van der Waals surface area (Å²) in [7, 11) is 4.07. The lowest BCUT2D eigenvalue weighted by molar-refractivity contribution is -0.134. The number of nitrogens with two attached hydrogens (primary N) is 1. The highest BCUT2D eigenvalue weighted by atomic mass is 16.2. The van der Waals surface area contributed by atoms with Crippen molar-refractivity contribution in [2.24, 2.45) is 17.6 Å². The second kappa shape index (κ2) is 6.97. The molecule has 1 aliphatic rings. The standard InChI is InChI=1S/C13H27N3O/c1-11(5-4-7-14)13(17)16(3)10-12-6-8-15(2)9-12/h11-12H,4-10,14H2,1-3H3. The zero-order valence-electron chi connectivity index (χ0n) is 11.5. The Morgan fingerprint density at radius 1 is 1.59 bits per heavy atom. The lowest BCUT2D eigenvalue weighted by Gasteiger charge is -2.24. The van der Waals surface area contributed by atoms with E-state index in [0.717, 1.165) is 32.5 Å². The maximum atomic E-state index is 12.1. The predicted molar refractivity (Wildman–Crippen MR) is 70.7 cm³/mol. The van der Waals surface area contributed by atoms with Crippen LogP contribution in [0.4, 0.5) is 0 Å². The molecule has 2 unspecified atom stereocenters. The number of rotatable bonds is 6. The molecular weight excluding hydrogens is 214 g/mol. The van der Waals surface area contributed by atoms with Crippen LogP contribution in [0.5, 0.6) is 0 Å². The minimum Gasteiger partial charge on any atom is -0.345 e. The first-order chi connectivity index (χ1) is 8.04.